The van der Waals surface area contributed by atoms with Crippen LogP contribution < -0.4 is 10.2 Å². The van der Waals surface area contributed by atoms with Gasteiger partial charge in [0, 0.05) is 46.2 Å². The van der Waals surface area contributed by atoms with E-state index in [4.69, 9.17) is 4.74 Å². The van der Waals surface area contributed by atoms with Crippen LogP contribution in [0.1, 0.15) is 36.7 Å². The summed E-state index contributed by atoms with van der Waals surface area (Å²) in [6, 6.07) is 8.55. The van der Waals surface area contributed by atoms with Crippen molar-refractivity contribution in [2.24, 2.45) is 0 Å². The Labute approximate surface area is 161 Å². The van der Waals surface area contributed by atoms with Gasteiger partial charge in [-0.15, -0.1) is 0 Å². The van der Waals surface area contributed by atoms with Crippen molar-refractivity contribution >= 4 is 11.9 Å². The van der Waals surface area contributed by atoms with Crippen molar-refractivity contribution in [2.75, 3.05) is 50.6 Å². The van der Waals surface area contributed by atoms with Crippen molar-refractivity contribution in [3.05, 3.63) is 41.2 Å². The smallest absolute Gasteiger partial charge is 0.229 e. The standard InChI is InChI=1S/C20H30N6O/c1-15(2)18-22-19(24-20(23-18)25(3)4)21-13-16-7-5-6-8-17(16)14-26-9-11-27-12-10-26/h5-8,15H,9-14H2,1-4H3,(H,21,22,23,24). The lowest BCUT2D eigenvalue weighted by Crippen LogP contribution is -2.35. The summed E-state index contributed by atoms with van der Waals surface area (Å²) in [5, 5.41) is 3.40. The number of aromatic nitrogens is 3. The molecule has 0 unspecified atom stereocenters. The number of anilines is 2. The van der Waals surface area contributed by atoms with Crippen LogP contribution >= 0.6 is 0 Å². The predicted octanol–water partition coefficient (Wildman–Crippen LogP) is 2.51. The summed E-state index contributed by atoms with van der Waals surface area (Å²) in [6.07, 6.45) is 0. The highest BCUT2D eigenvalue weighted by atomic mass is 16.5. The first-order valence-corrected chi connectivity index (χ1v) is 9.57. The number of hydrogen-bond donors (Lipinski definition) is 1. The molecule has 1 aliphatic rings. The van der Waals surface area contributed by atoms with Crippen LogP contribution in [0.15, 0.2) is 24.3 Å². The average Bonchev–Trinajstić information content (AvgIpc) is 2.68. The summed E-state index contributed by atoms with van der Waals surface area (Å²) >= 11 is 0. The fourth-order valence-electron chi connectivity index (χ4n) is 2.98. The van der Waals surface area contributed by atoms with E-state index in [1.165, 1.54) is 11.1 Å². The fraction of sp³-hybridized carbons (Fsp3) is 0.550. The van der Waals surface area contributed by atoms with Crippen LogP contribution in [0.25, 0.3) is 0 Å². The lowest BCUT2D eigenvalue weighted by molar-refractivity contribution is 0.0341. The van der Waals surface area contributed by atoms with Gasteiger partial charge in [0.2, 0.25) is 11.9 Å². The molecule has 27 heavy (non-hydrogen) atoms. The van der Waals surface area contributed by atoms with Crippen molar-refractivity contribution in [2.45, 2.75) is 32.9 Å². The van der Waals surface area contributed by atoms with Gasteiger partial charge in [-0.05, 0) is 11.1 Å². The lowest BCUT2D eigenvalue weighted by atomic mass is 10.1. The second-order valence-corrected chi connectivity index (χ2v) is 7.38. The van der Waals surface area contributed by atoms with Crippen molar-refractivity contribution in [3.63, 3.8) is 0 Å². The average molecular weight is 371 g/mol. The molecule has 0 amide bonds. The third-order valence-corrected chi connectivity index (χ3v) is 4.61. The number of nitrogens with one attached hydrogen (secondary N) is 1. The van der Waals surface area contributed by atoms with Crippen LogP contribution in [0, 0.1) is 0 Å². The third-order valence-electron chi connectivity index (χ3n) is 4.61. The van der Waals surface area contributed by atoms with E-state index < -0.39 is 0 Å². The van der Waals surface area contributed by atoms with Crippen molar-refractivity contribution < 1.29 is 4.74 Å². The molecular formula is C20H30N6O. The molecule has 1 saturated heterocycles. The van der Waals surface area contributed by atoms with Crippen LogP contribution in [-0.2, 0) is 17.8 Å². The summed E-state index contributed by atoms with van der Waals surface area (Å²) in [5.74, 6) is 2.36. The van der Waals surface area contributed by atoms with Gasteiger partial charge in [-0.3, -0.25) is 4.90 Å². The summed E-state index contributed by atoms with van der Waals surface area (Å²) in [4.78, 5) is 18.0. The fourth-order valence-corrected chi connectivity index (χ4v) is 2.98. The molecule has 2 aromatic rings. The zero-order chi connectivity index (χ0) is 19.2. The van der Waals surface area contributed by atoms with E-state index in [1.807, 2.05) is 19.0 Å². The first-order chi connectivity index (χ1) is 13.0. The Bertz CT molecular complexity index is 717. The van der Waals surface area contributed by atoms with Gasteiger partial charge in [0.15, 0.2) is 0 Å². The first-order valence-electron chi connectivity index (χ1n) is 9.57. The zero-order valence-electron chi connectivity index (χ0n) is 16.8. The lowest BCUT2D eigenvalue weighted by Gasteiger charge is -2.27. The number of nitrogens with zero attached hydrogens (tertiary/aromatic N) is 5. The maximum Gasteiger partial charge on any atom is 0.229 e. The summed E-state index contributed by atoms with van der Waals surface area (Å²) in [7, 11) is 3.89. The van der Waals surface area contributed by atoms with E-state index in [2.05, 4.69) is 63.3 Å². The number of hydrogen-bond acceptors (Lipinski definition) is 7. The number of benzene rings is 1. The Kier molecular flexibility index (Phi) is 6.58. The van der Waals surface area contributed by atoms with Crippen LogP contribution in [0.2, 0.25) is 0 Å². The minimum Gasteiger partial charge on any atom is -0.379 e. The number of morpholine rings is 1. The molecule has 0 radical (unpaired) electrons. The highest BCUT2D eigenvalue weighted by molar-refractivity contribution is 5.38. The maximum atomic E-state index is 5.45. The summed E-state index contributed by atoms with van der Waals surface area (Å²) in [5.41, 5.74) is 2.60. The Hall–Kier alpha value is -2.25. The van der Waals surface area contributed by atoms with E-state index in [0.29, 0.717) is 18.4 Å². The van der Waals surface area contributed by atoms with Crippen LogP contribution in [0.4, 0.5) is 11.9 Å². The maximum absolute atomic E-state index is 5.45. The molecule has 0 aliphatic carbocycles. The quantitative estimate of drug-likeness (QED) is 0.803. The molecule has 1 aliphatic heterocycles. The third kappa shape index (κ3) is 5.37. The van der Waals surface area contributed by atoms with Crippen molar-refractivity contribution in [3.8, 4) is 0 Å². The van der Waals surface area contributed by atoms with Crippen LogP contribution in [0.5, 0.6) is 0 Å². The van der Waals surface area contributed by atoms with Gasteiger partial charge < -0.3 is 15.0 Å². The largest absolute Gasteiger partial charge is 0.379 e. The normalized spacial score (nSPS) is 15.1. The van der Waals surface area contributed by atoms with Gasteiger partial charge in [-0.25, -0.2) is 0 Å². The molecule has 1 aromatic heterocycles. The summed E-state index contributed by atoms with van der Waals surface area (Å²) < 4.78 is 5.45. The van der Waals surface area contributed by atoms with Gasteiger partial charge in [-0.1, -0.05) is 38.1 Å². The molecule has 0 spiro atoms. The molecule has 1 aromatic carbocycles. The molecule has 0 atom stereocenters. The summed E-state index contributed by atoms with van der Waals surface area (Å²) in [6.45, 7) is 9.42. The van der Waals surface area contributed by atoms with E-state index in [0.717, 1.165) is 38.7 Å². The predicted molar refractivity (Wildman–Crippen MR) is 108 cm³/mol. The Morgan fingerprint density at radius 2 is 1.78 bits per heavy atom. The zero-order valence-corrected chi connectivity index (χ0v) is 16.8. The van der Waals surface area contributed by atoms with E-state index in [-0.39, 0.29) is 5.92 Å². The highest BCUT2D eigenvalue weighted by Crippen LogP contribution is 2.17. The molecule has 1 N–H and O–H groups in total. The van der Waals surface area contributed by atoms with Gasteiger partial charge in [0.25, 0.3) is 0 Å². The monoisotopic (exact) mass is 370 g/mol. The molecule has 3 rings (SSSR count). The molecule has 2 heterocycles. The van der Waals surface area contributed by atoms with Gasteiger partial charge >= 0.3 is 0 Å². The van der Waals surface area contributed by atoms with Crippen LogP contribution in [0.3, 0.4) is 0 Å². The van der Waals surface area contributed by atoms with Gasteiger partial charge in [0.1, 0.15) is 5.82 Å². The highest BCUT2D eigenvalue weighted by Gasteiger charge is 2.14. The second kappa shape index (κ2) is 9.10. The van der Waals surface area contributed by atoms with E-state index in [9.17, 15) is 0 Å². The van der Waals surface area contributed by atoms with Gasteiger partial charge in [0.05, 0.1) is 13.2 Å². The Morgan fingerprint density at radius 3 is 2.44 bits per heavy atom. The SMILES string of the molecule is CC(C)c1nc(NCc2ccccc2CN2CCOCC2)nc(N(C)C)n1. The molecular weight excluding hydrogens is 340 g/mol. The molecule has 7 nitrogen and oxygen atoms in total. The second-order valence-electron chi connectivity index (χ2n) is 7.38. The molecule has 146 valence electrons. The van der Waals surface area contributed by atoms with Crippen LogP contribution in [-0.4, -0.2) is 60.3 Å². The Balaban J connectivity index is 1.73. The topological polar surface area (TPSA) is 66.4 Å². The number of rotatable bonds is 7. The minimum atomic E-state index is 0.251. The van der Waals surface area contributed by atoms with Crippen molar-refractivity contribution in [1.82, 2.24) is 19.9 Å². The minimum absolute atomic E-state index is 0.251. The van der Waals surface area contributed by atoms with Gasteiger partial charge in [-0.2, -0.15) is 15.0 Å². The van der Waals surface area contributed by atoms with E-state index >= 15 is 0 Å². The molecule has 7 heteroatoms. The Morgan fingerprint density at radius 1 is 1.07 bits per heavy atom. The first kappa shape index (κ1) is 19.5. The number of ether oxygens (including phenoxy) is 1. The molecule has 0 saturated carbocycles. The molecule has 0 bridgehead atoms. The van der Waals surface area contributed by atoms with E-state index in [1.54, 1.807) is 0 Å². The van der Waals surface area contributed by atoms with Crippen molar-refractivity contribution in [1.29, 1.82) is 0 Å². The molecule has 1 fully saturated rings.